The van der Waals surface area contributed by atoms with Crippen LogP contribution in [-0.4, -0.2) is 30.6 Å². The summed E-state index contributed by atoms with van der Waals surface area (Å²) in [6.07, 6.45) is 3.67. The van der Waals surface area contributed by atoms with Crippen LogP contribution in [0.3, 0.4) is 0 Å². The highest BCUT2D eigenvalue weighted by atomic mass is 19.1. The number of halogens is 2. The van der Waals surface area contributed by atoms with E-state index in [-0.39, 0.29) is 12.1 Å². The molecule has 0 saturated carbocycles. The van der Waals surface area contributed by atoms with Crippen LogP contribution in [0.5, 0.6) is 0 Å². The molecular weight excluding hydrogens is 336 g/mol. The van der Waals surface area contributed by atoms with Crippen molar-refractivity contribution < 1.29 is 8.78 Å². The fraction of sp³-hybridized carbons (Fsp3) is 0.368. The summed E-state index contributed by atoms with van der Waals surface area (Å²) in [5.74, 6) is 0.544. The van der Waals surface area contributed by atoms with Crippen molar-refractivity contribution in [3.8, 4) is 0 Å². The van der Waals surface area contributed by atoms with Crippen LogP contribution in [0.4, 0.5) is 14.6 Å². The maximum Gasteiger partial charge on any atom is 0.191 e. The lowest BCUT2D eigenvalue weighted by atomic mass is 10.2. The molecule has 2 rings (SSSR count). The predicted molar refractivity (Wildman–Crippen MR) is 101 cm³/mol. The lowest BCUT2D eigenvalue weighted by Gasteiger charge is -2.11. The monoisotopic (exact) mass is 361 g/mol. The Bertz CT molecular complexity index is 692. The topological polar surface area (TPSA) is 61.3 Å². The van der Waals surface area contributed by atoms with Gasteiger partial charge in [0.2, 0.25) is 0 Å². The molecule has 7 heteroatoms. The summed E-state index contributed by atoms with van der Waals surface area (Å²) in [6, 6.07) is 9.15. The van der Waals surface area contributed by atoms with Gasteiger partial charge in [-0.05, 0) is 50.1 Å². The Kier molecular flexibility index (Phi) is 8.32. The van der Waals surface area contributed by atoms with Gasteiger partial charge in [-0.15, -0.1) is 0 Å². The number of nitrogens with one attached hydrogen (secondary N) is 3. The van der Waals surface area contributed by atoms with Gasteiger partial charge in [-0.3, -0.25) is 0 Å². The quantitative estimate of drug-likeness (QED) is 0.364. The molecule has 5 nitrogen and oxygen atoms in total. The zero-order valence-electron chi connectivity index (χ0n) is 14.9. The summed E-state index contributed by atoms with van der Waals surface area (Å²) >= 11 is 0. The first-order chi connectivity index (χ1) is 12.7. The molecule has 0 aliphatic rings. The van der Waals surface area contributed by atoms with Gasteiger partial charge in [0.25, 0.3) is 0 Å². The second kappa shape index (κ2) is 11.0. The van der Waals surface area contributed by atoms with Gasteiger partial charge in [0.05, 0.1) is 6.54 Å². The molecule has 0 aliphatic carbocycles. The second-order valence-electron chi connectivity index (χ2n) is 5.71. The van der Waals surface area contributed by atoms with Crippen LogP contribution < -0.4 is 16.0 Å². The number of rotatable bonds is 9. The number of anilines is 1. The van der Waals surface area contributed by atoms with E-state index in [0.29, 0.717) is 12.5 Å². The van der Waals surface area contributed by atoms with Crippen molar-refractivity contribution >= 4 is 11.8 Å². The molecule has 2 aromatic rings. The Morgan fingerprint density at radius 1 is 1.08 bits per heavy atom. The fourth-order valence-electron chi connectivity index (χ4n) is 2.31. The second-order valence-corrected chi connectivity index (χ2v) is 5.71. The summed E-state index contributed by atoms with van der Waals surface area (Å²) < 4.78 is 26.9. The summed E-state index contributed by atoms with van der Waals surface area (Å²) in [5.41, 5.74) is 0.238. The number of hydrogen-bond acceptors (Lipinski definition) is 3. The molecule has 0 atom stereocenters. The first-order valence-electron chi connectivity index (χ1n) is 8.80. The maximum atomic E-state index is 13.6. The van der Waals surface area contributed by atoms with Gasteiger partial charge in [-0.2, -0.15) is 0 Å². The van der Waals surface area contributed by atoms with Crippen molar-refractivity contribution in [2.24, 2.45) is 4.99 Å². The molecule has 0 bridgehead atoms. The van der Waals surface area contributed by atoms with E-state index < -0.39 is 11.6 Å². The zero-order chi connectivity index (χ0) is 18.6. The number of guanidine groups is 1. The SMILES string of the molecule is CCNC(=NCc1cc(F)ccc1F)NCCCCNc1ccccn1. The van der Waals surface area contributed by atoms with Gasteiger partial charge in [-0.25, -0.2) is 18.8 Å². The van der Waals surface area contributed by atoms with Gasteiger partial charge in [-0.1, -0.05) is 6.07 Å². The molecular formula is C19H25F2N5. The van der Waals surface area contributed by atoms with Gasteiger partial charge >= 0.3 is 0 Å². The van der Waals surface area contributed by atoms with E-state index in [1.165, 1.54) is 6.07 Å². The number of hydrogen-bond donors (Lipinski definition) is 3. The highest BCUT2D eigenvalue weighted by Gasteiger charge is 2.04. The molecule has 3 N–H and O–H groups in total. The minimum absolute atomic E-state index is 0.0835. The molecule has 1 aromatic carbocycles. The first-order valence-corrected chi connectivity index (χ1v) is 8.80. The Morgan fingerprint density at radius 3 is 2.69 bits per heavy atom. The molecule has 1 aromatic heterocycles. The minimum Gasteiger partial charge on any atom is -0.370 e. The van der Waals surface area contributed by atoms with Crippen LogP contribution in [0.25, 0.3) is 0 Å². The van der Waals surface area contributed by atoms with Gasteiger partial charge in [0, 0.05) is 31.4 Å². The summed E-state index contributed by atoms with van der Waals surface area (Å²) in [5, 5.41) is 9.56. The first kappa shape index (κ1) is 19.6. The van der Waals surface area contributed by atoms with Crippen LogP contribution in [0, 0.1) is 11.6 Å². The Balaban J connectivity index is 1.72. The molecule has 0 spiro atoms. The summed E-state index contributed by atoms with van der Waals surface area (Å²) in [4.78, 5) is 8.52. The normalized spacial score (nSPS) is 11.3. The van der Waals surface area contributed by atoms with Crippen molar-refractivity contribution in [1.82, 2.24) is 15.6 Å². The van der Waals surface area contributed by atoms with Crippen molar-refractivity contribution in [2.45, 2.75) is 26.3 Å². The van der Waals surface area contributed by atoms with E-state index in [4.69, 9.17) is 0 Å². The van der Waals surface area contributed by atoms with Crippen molar-refractivity contribution in [2.75, 3.05) is 25.0 Å². The molecule has 0 fully saturated rings. The van der Waals surface area contributed by atoms with E-state index in [9.17, 15) is 8.78 Å². The minimum atomic E-state index is -0.463. The van der Waals surface area contributed by atoms with Crippen molar-refractivity contribution in [1.29, 1.82) is 0 Å². The fourth-order valence-corrected chi connectivity index (χ4v) is 2.31. The third kappa shape index (κ3) is 7.04. The number of nitrogens with zero attached hydrogens (tertiary/aromatic N) is 2. The van der Waals surface area contributed by atoms with Gasteiger partial charge < -0.3 is 16.0 Å². The lowest BCUT2D eigenvalue weighted by Crippen LogP contribution is -2.37. The van der Waals surface area contributed by atoms with E-state index in [1.54, 1.807) is 6.20 Å². The molecule has 1 heterocycles. The molecule has 26 heavy (non-hydrogen) atoms. The highest BCUT2D eigenvalue weighted by molar-refractivity contribution is 5.79. The smallest absolute Gasteiger partial charge is 0.191 e. The van der Waals surface area contributed by atoms with Crippen LogP contribution in [-0.2, 0) is 6.54 Å². The highest BCUT2D eigenvalue weighted by Crippen LogP contribution is 2.10. The van der Waals surface area contributed by atoms with Crippen molar-refractivity contribution in [3.05, 3.63) is 59.8 Å². The standard InChI is InChI=1S/C19H25F2N5/c1-2-22-19(26-14-15-13-16(20)8-9-17(15)21)25-12-6-5-11-24-18-7-3-4-10-23-18/h3-4,7-10,13H,2,5-6,11-12,14H2,1H3,(H,23,24)(H2,22,25,26). The van der Waals surface area contributed by atoms with Gasteiger partial charge in [0.1, 0.15) is 17.5 Å². The Labute approximate surface area is 153 Å². The lowest BCUT2D eigenvalue weighted by molar-refractivity contribution is 0.585. The summed E-state index contributed by atoms with van der Waals surface area (Å²) in [6.45, 7) is 4.30. The van der Waals surface area contributed by atoms with E-state index in [1.807, 2.05) is 25.1 Å². The number of aromatic nitrogens is 1. The summed E-state index contributed by atoms with van der Waals surface area (Å²) in [7, 11) is 0. The van der Waals surface area contributed by atoms with Crippen LogP contribution in [0.2, 0.25) is 0 Å². The third-order valence-electron chi connectivity index (χ3n) is 3.63. The maximum absolute atomic E-state index is 13.6. The van der Waals surface area contributed by atoms with E-state index in [2.05, 4.69) is 25.9 Å². The third-order valence-corrected chi connectivity index (χ3v) is 3.63. The Morgan fingerprint density at radius 2 is 1.92 bits per heavy atom. The molecule has 0 radical (unpaired) electrons. The van der Waals surface area contributed by atoms with E-state index >= 15 is 0 Å². The molecule has 140 valence electrons. The van der Waals surface area contributed by atoms with E-state index in [0.717, 1.165) is 43.9 Å². The molecule has 0 unspecified atom stereocenters. The molecule has 0 amide bonds. The van der Waals surface area contributed by atoms with Crippen LogP contribution >= 0.6 is 0 Å². The number of aliphatic imine (C=N–C) groups is 1. The largest absolute Gasteiger partial charge is 0.370 e. The predicted octanol–water partition coefficient (Wildman–Crippen LogP) is 3.31. The molecule has 0 saturated heterocycles. The zero-order valence-corrected chi connectivity index (χ0v) is 14.9. The Hall–Kier alpha value is -2.70. The van der Waals surface area contributed by atoms with Gasteiger partial charge in [0.15, 0.2) is 5.96 Å². The van der Waals surface area contributed by atoms with Crippen LogP contribution in [0.1, 0.15) is 25.3 Å². The number of pyridine rings is 1. The number of benzene rings is 1. The molecule has 0 aliphatic heterocycles. The van der Waals surface area contributed by atoms with Crippen molar-refractivity contribution in [3.63, 3.8) is 0 Å². The van der Waals surface area contributed by atoms with Crippen LogP contribution in [0.15, 0.2) is 47.6 Å². The average molecular weight is 361 g/mol. The average Bonchev–Trinajstić information content (AvgIpc) is 2.65. The number of unbranched alkanes of at least 4 members (excludes halogenated alkanes) is 1.